The maximum Gasteiger partial charge on any atom is 0.232 e. The normalized spacial score (nSPS) is 11.9. The number of carbonyl (C=O) groups excluding carboxylic acids is 1. The van der Waals surface area contributed by atoms with Crippen LogP contribution in [0.1, 0.15) is 51.8 Å². The van der Waals surface area contributed by atoms with Gasteiger partial charge in [0, 0.05) is 29.7 Å². The molecule has 0 saturated heterocycles. The first-order valence-electron chi connectivity index (χ1n) is 8.30. The van der Waals surface area contributed by atoms with Gasteiger partial charge in [0.05, 0.1) is 5.41 Å². The Morgan fingerprint density at radius 2 is 1.73 bits per heavy atom. The number of aromatic nitrogens is 1. The second kappa shape index (κ2) is 6.55. The molecular formula is C19H28N2O. The number of hydrogen-bond donors (Lipinski definition) is 1. The monoisotopic (exact) mass is 300 g/mol. The van der Waals surface area contributed by atoms with Crippen molar-refractivity contribution >= 4 is 16.8 Å². The second-order valence-electron chi connectivity index (χ2n) is 6.59. The van der Waals surface area contributed by atoms with Crippen molar-refractivity contribution in [2.75, 3.05) is 13.1 Å². The van der Waals surface area contributed by atoms with Crippen molar-refractivity contribution in [2.24, 2.45) is 0 Å². The number of aromatic amines is 1. The van der Waals surface area contributed by atoms with Gasteiger partial charge >= 0.3 is 0 Å². The highest BCUT2D eigenvalue weighted by molar-refractivity contribution is 5.95. The van der Waals surface area contributed by atoms with Crippen molar-refractivity contribution in [3.8, 4) is 0 Å². The van der Waals surface area contributed by atoms with Gasteiger partial charge in [0.2, 0.25) is 5.91 Å². The van der Waals surface area contributed by atoms with E-state index in [0.717, 1.165) is 48.1 Å². The molecule has 1 heterocycles. The van der Waals surface area contributed by atoms with Crippen molar-refractivity contribution in [1.29, 1.82) is 0 Å². The van der Waals surface area contributed by atoms with Gasteiger partial charge in [-0.1, -0.05) is 32.0 Å². The number of aryl methyl sites for hydroxylation is 1. The summed E-state index contributed by atoms with van der Waals surface area (Å²) in [6.45, 7) is 12.1. The second-order valence-corrected chi connectivity index (χ2v) is 6.59. The number of nitrogens with one attached hydrogen (secondary N) is 1. The summed E-state index contributed by atoms with van der Waals surface area (Å²) in [4.78, 5) is 18.6. The lowest BCUT2D eigenvalue weighted by atomic mass is 9.81. The average molecular weight is 300 g/mol. The summed E-state index contributed by atoms with van der Waals surface area (Å²) in [6.07, 6.45) is 1.99. The minimum atomic E-state index is -0.520. The first kappa shape index (κ1) is 16.6. The van der Waals surface area contributed by atoms with Gasteiger partial charge in [-0.15, -0.1) is 0 Å². The van der Waals surface area contributed by atoms with Crippen LogP contribution in [0.4, 0.5) is 0 Å². The molecule has 1 amide bonds. The highest BCUT2D eigenvalue weighted by Crippen LogP contribution is 2.35. The molecule has 2 rings (SSSR count). The molecule has 1 N–H and O–H groups in total. The van der Waals surface area contributed by atoms with E-state index in [1.165, 1.54) is 0 Å². The van der Waals surface area contributed by atoms with E-state index in [4.69, 9.17) is 0 Å². The van der Waals surface area contributed by atoms with Crippen molar-refractivity contribution in [2.45, 2.75) is 52.9 Å². The molecule has 3 heteroatoms. The van der Waals surface area contributed by atoms with Gasteiger partial charge in [-0.05, 0) is 45.2 Å². The quantitative estimate of drug-likeness (QED) is 0.843. The van der Waals surface area contributed by atoms with E-state index in [0.29, 0.717) is 0 Å². The summed E-state index contributed by atoms with van der Waals surface area (Å²) in [5, 5.41) is 1.16. The highest BCUT2D eigenvalue weighted by atomic mass is 16.2. The van der Waals surface area contributed by atoms with E-state index < -0.39 is 5.41 Å². The Kier molecular flexibility index (Phi) is 4.94. The largest absolute Gasteiger partial charge is 0.358 e. The molecule has 3 nitrogen and oxygen atoms in total. The van der Waals surface area contributed by atoms with Crippen molar-refractivity contribution in [1.82, 2.24) is 9.88 Å². The van der Waals surface area contributed by atoms with Crippen molar-refractivity contribution in [3.05, 3.63) is 35.5 Å². The minimum absolute atomic E-state index is 0.226. The number of hydrogen-bond acceptors (Lipinski definition) is 1. The van der Waals surface area contributed by atoms with Crippen LogP contribution >= 0.6 is 0 Å². The molecule has 120 valence electrons. The number of H-pyrrole nitrogens is 1. The predicted octanol–water partition coefficient (Wildman–Crippen LogP) is 4.40. The molecule has 0 aliphatic rings. The Balaban J connectivity index is 2.47. The summed E-state index contributed by atoms with van der Waals surface area (Å²) in [7, 11) is 0. The molecule has 0 atom stereocenters. The van der Waals surface area contributed by atoms with Crippen LogP contribution in [0.5, 0.6) is 0 Å². The van der Waals surface area contributed by atoms with E-state index in [2.05, 4.69) is 51.7 Å². The zero-order chi connectivity index (χ0) is 16.3. The summed E-state index contributed by atoms with van der Waals surface area (Å²) in [5.74, 6) is 0.226. The maximum atomic E-state index is 13.2. The number of nitrogens with zero attached hydrogens (tertiary/aromatic N) is 1. The highest BCUT2D eigenvalue weighted by Gasteiger charge is 2.36. The molecule has 1 aromatic heterocycles. The first-order valence-corrected chi connectivity index (χ1v) is 8.30. The van der Waals surface area contributed by atoms with E-state index in [9.17, 15) is 4.79 Å². The number of amides is 1. The van der Waals surface area contributed by atoms with Crippen LogP contribution in [0.3, 0.4) is 0 Å². The third-order valence-corrected chi connectivity index (χ3v) is 4.33. The smallest absolute Gasteiger partial charge is 0.232 e. The Morgan fingerprint density at radius 3 is 2.32 bits per heavy atom. The van der Waals surface area contributed by atoms with Crippen LogP contribution in [0.2, 0.25) is 0 Å². The lowest BCUT2D eigenvalue weighted by Crippen LogP contribution is -2.44. The van der Waals surface area contributed by atoms with Gasteiger partial charge in [0.25, 0.3) is 0 Å². The predicted molar refractivity (Wildman–Crippen MR) is 93.2 cm³/mol. The molecule has 0 fully saturated rings. The van der Waals surface area contributed by atoms with Crippen LogP contribution in [0, 0.1) is 6.92 Å². The Morgan fingerprint density at radius 1 is 1.14 bits per heavy atom. The molecular weight excluding hydrogens is 272 g/mol. The Hall–Kier alpha value is -1.77. The van der Waals surface area contributed by atoms with Gasteiger partial charge in [0.1, 0.15) is 0 Å². The summed E-state index contributed by atoms with van der Waals surface area (Å²) >= 11 is 0. The molecule has 0 spiro atoms. The lowest BCUT2D eigenvalue weighted by Gasteiger charge is -2.32. The SMILES string of the molecule is CCCN(CCC)C(=O)C(C)(C)c1c(C)[nH]c2ccccc12. The minimum Gasteiger partial charge on any atom is -0.358 e. The van der Waals surface area contributed by atoms with Gasteiger partial charge in [-0.3, -0.25) is 4.79 Å². The molecule has 22 heavy (non-hydrogen) atoms. The van der Waals surface area contributed by atoms with Crippen LogP contribution in [0.25, 0.3) is 10.9 Å². The molecule has 0 aliphatic carbocycles. The number of rotatable bonds is 6. The Bertz CT molecular complexity index is 648. The van der Waals surface area contributed by atoms with E-state index in [1.54, 1.807) is 0 Å². The fourth-order valence-electron chi connectivity index (χ4n) is 3.44. The molecule has 0 radical (unpaired) electrons. The fourth-order valence-corrected chi connectivity index (χ4v) is 3.44. The fraction of sp³-hybridized carbons (Fsp3) is 0.526. The maximum absolute atomic E-state index is 13.2. The molecule has 2 aromatic rings. The van der Waals surface area contributed by atoms with Crippen molar-refractivity contribution < 1.29 is 4.79 Å². The van der Waals surface area contributed by atoms with E-state index in [-0.39, 0.29) is 5.91 Å². The summed E-state index contributed by atoms with van der Waals surface area (Å²) in [5.41, 5.74) is 2.81. The first-order chi connectivity index (χ1) is 10.4. The summed E-state index contributed by atoms with van der Waals surface area (Å²) in [6, 6.07) is 8.24. The van der Waals surface area contributed by atoms with Crippen molar-refractivity contribution in [3.63, 3.8) is 0 Å². The van der Waals surface area contributed by atoms with Crippen LogP contribution in [-0.4, -0.2) is 28.9 Å². The van der Waals surface area contributed by atoms with Crippen LogP contribution in [-0.2, 0) is 10.2 Å². The molecule has 0 unspecified atom stereocenters. The van der Waals surface area contributed by atoms with Gasteiger partial charge in [0.15, 0.2) is 0 Å². The Labute approximate surface area is 133 Å². The van der Waals surface area contributed by atoms with Gasteiger partial charge < -0.3 is 9.88 Å². The average Bonchev–Trinajstić information content (AvgIpc) is 2.82. The number of fused-ring (bicyclic) bond motifs is 1. The van der Waals surface area contributed by atoms with E-state index in [1.807, 2.05) is 17.0 Å². The van der Waals surface area contributed by atoms with Crippen LogP contribution < -0.4 is 0 Å². The van der Waals surface area contributed by atoms with Crippen LogP contribution in [0.15, 0.2) is 24.3 Å². The zero-order valence-electron chi connectivity index (χ0n) is 14.5. The lowest BCUT2D eigenvalue weighted by molar-refractivity contribution is -0.136. The standard InChI is InChI=1S/C19H28N2O/c1-6-12-21(13-7-2)18(22)19(4,5)17-14(3)20-16-11-9-8-10-15(16)17/h8-11,20H,6-7,12-13H2,1-5H3. The van der Waals surface area contributed by atoms with Gasteiger partial charge in [-0.25, -0.2) is 0 Å². The number of benzene rings is 1. The van der Waals surface area contributed by atoms with E-state index >= 15 is 0 Å². The summed E-state index contributed by atoms with van der Waals surface area (Å²) < 4.78 is 0. The molecule has 0 saturated carbocycles. The number of para-hydroxylation sites is 1. The number of carbonyl (C=O) groups is 1. The molecule has 0 aliphatic heterocycles. The van der Waals surface area contributed by atoms with Gasteiger partial charge in [-0.2, -0.15) is 0 Å². The topological polar surface area (TPSA) is 36.1 Å². The zero-order valence-corrected chi connectivity index (χ0v) is 14.5. The third kappa shape index (κ3) is 2.90. The molecule has 1 aromatic carbocycles. The third-order valence-electron chi connectivity index (χ3n) is 4.33. The molecule has 0 bridgehead atoms.